The number of hydrogen-bond donors (Lipinski definition) is 0. The van der Waals surface area contributed by atoms with Crippen LogP contribution in [0.3, 0.4) is 0 Å². The van der Waals surface area contributed by atoms with E-state index in [2.05, 4.69) is 0 Å². The first-order valence-electron chi connectivity index (χ1n) is 14.3. The van der Waals surface area contributed by atoms with Crippen LogP contribution < -0.4 is 0 Å². The SMILES string of the molecule is CCO[SiH](OCC)OCC.CCO[Si](CCCSSCCC[Si](OCC)(OCC)OCC)(OCC)OCC. The van der Waals surface area contributed by atoms with Crippen LogP contribution >= 0.6 is 21.6 Å². The molecular weight excluding hydrogens is 581 g/mol. The van der Waals surface area contributed by atoms with E-state index in [1.54, 1.807) is 0 Å². The second kappa shape index (κ2) is 29.5. The molecule has 0 atom stereocenters. The minimum absolute atomic E-state index is 0.638. The summed E-state index contributed by atoms with van der Waals surface area (Å²) in [5.41, 5.74) is 0. The van der Waals surface area contributed by atoms with Crippen molar-refractivity contribution in [3.8, 4) is 0 Å². The van der Waals surface area contributed by atoms with Gasteiger partial charge in [-0.25, -0.2) is 0 Å². The standard InChI is InChI=1S/C18H42O6S2Si2.C6H16O3Si/c1-7-19-27(20-8-2,21-9-3)17-13-15-25-26-16-14-18-28(22-10-4,23-11-5)24-12-6;1-4-7-10(8-5-2)9-6-3/h7-18H2,1-6H3;10H,4-6H2,1-3H3. The van der Waals surface area contributed by atoms with Crippen molar-refractivity contribution in [3.05, 3.63) is 0 Å². The first kappa shape index (κ1) is 41.1. The zero-order chi connectivity index (χ0) is 29.0. The Balaban J connectivity index is 0. The summed E-state index contributed by atoms with van der Waals surface area (Å²) in [6.45, 7) is 23.7. The molecule has 0 aromatic rings. The summed E-state index contributed by atoms with van der Waals surface area (Å²) in [7, 11) is -2.91. The van der Waals surface area contributed by atoms with Gasteiger partial charge >= 0.3 is 27.1 Å². The summed E-state index contributed by atoms with van der Waals surface area (Å²) in [5.74, 6) is 2.13. The fourth-order valence-corrected chi connectivity index (χ4v) is 12.4. The van der Waals surface area contributed by atoms with Crippen LogP contribution in [0.15, 0.2) is 0 Å². The van der Waals surface area contributed by atoms with E-state index in [4.69, 9.17) is 39.8 Å². The second-order valence-electron chi connectivity index (χ2n) is 7.47. The molecule has 0 rings (SSSR count). The van der Waals surface area contributed by atoms with Crippen molar-refractivity contribution in [3.63, 3.8) is 0 Å². The van der Waals surface area contributed by atoms with Crippen LogP contribution in [0.5, 0.6) is 0 Å². The summed E-state index contributed by atoms with van der Waals surface area (Å²) < 4.78 is 51.1. The van der Waals surface area contributed by atoms with Gasteiger partial charge in [0.1, 0.15) is 0 Å². The number of hydrogen-bond acceptors (Lipinski definition) is 11. The Bertz CT molecular complexity index is 409. The topological polar surface area (TPSA) is 83.1 Å². The van der Waals surface area contributed by atoms with Crippen LogP contribution in [-0.4, -0.2) is 98.1 Å². The third kappa shape index (κ3) is 21.7. The van der Waals surface area contributed by atoms with Crippen LogP contribution in [0.2, 0.25) is 12.1 Å². The smallest absolute Gasteiger partial charge is 0.376 e. The van der Waals surface area contributed by atoms with E-state index in [-0.39, 0.29) is 0 Å². The zero-order valence-electron chi connectivity index (χ0n) is 25.7. The van der Waals surface area contributed by atoms with Crippen LogP contribution in [-0.2, 0) is 39.8 Å². The zero-order valence-corrected chi connectivity index (χ0v) is 30.5. The molecule has 0 aliphatic heterocycles. The third-order valence-electron chi connectivity index (χ3n) is 4.60. The van der Waals surface area contributed by atoms with Gasteiger partial charge in [0.2, 0.25) is 0 Å². The Kier molecular flexibility index (Phi) is 31.9. The molecule has 0 saturated heterocycles. The molecule has 14 heteroatoms. The second-order valence-corrected chi connectivity index (χ2v) is 17.2. The fourth-order valence-electron chi connectivity index (χ4n) is 3.37. The Morgan fingerprint density at radius 2 is 0.684 bits per heavy atom. The van der Waals surface area contributed by atoms with Crippen LogP contribution in [0.25, 0.3) is 0 Å². The van der Waals surface area contributed by atoms with E-state index in [0.717, 1.165) is 36.4 Å². The van der Waals surface area contributed by atoms with E-state index in [0.29, 0.717) is 59.5 Å². The molecule has 0 bridgehead atoms. The first-order valence-corrected chi connectivity index (χ1v) is 22.1. The largest absolute Gasteiger partial charge is 0.500 e. The van der Waals surface area contributed by atoms with Crippen molar-refractivity contribution in [2.75, 3.05) is 71.0 Å². The Morgan fingerprint density at radius 3 is 0.895 bits per heavy atom. The normalized spacial score (nSPS) is 12.2. The van der Waals surface area contributed by atoms with Gasteiger partial charge in [-0.15, -0.1) is 0 Å². The summed E-state index contributed by atoms with van der Waals surface area (Å²) in [6.07, 6.45) is 2.08. The molecule has 0 radical (unpaired) electrons. The maximum Gasteiger partial charge on any atom is 0.500 e. The van der Waals surface area contributed by atoms with Gasteiger partial charge in [-0.1, -0.05) is 21.6 Å². The van der Waals surface area contributed by atoms with Crippen LogP contribution in [0, 0.1) is 0 Å². The molecule has 0 amide bonds. The van der Waals surface area contributed by atoms with Crippen molar-refractivity contribution in [1.82, 2.24) is 0 Å². The van der Waals surface area contributed by atoms with Gasteiger partial charge in [0.05, 0.1) is 0 Å². The van der Waals surface area contributed by atoms with E-state index < -0.39 is 27.1 Å². The van der Waals surface area contributed by atoms with E-state index in [1.807, 2.05) is 83.9 Å². The molecule has 0 aromatic carbocycles. The minimum atomic E-state index is -2.49. The summed E-state index contributed by atoms with van der Waals surface area (Å²) >= 11 is 0. The number of rotatable bonds is 27. The van der Waals surface area contributed by atoms with Gasteiger partial charge in [-0.05, 0) is 75.2 Å². The lowest BCUT2D eigenvalue weighted by Gasteiger charge is -2.28. The van der Waals surface area contributed by atoms with Crippen LogP contribution in [0.4, 0.5) is 0 Å². The van der Waals surface area contributed by atoms with E-state index >= 15 is 0 Å². The highest BCUT2D eigenvalue weighted by Gasteiger charge is 2.40. The lowest BCUT2D eigenvalue weighted by atomic mass is 10.6. The maximum atomic E-state index is 5.90. The minimum Gasteiger partial charge on any atom is -0.376 e. The average molecular weight is 639 g/mol. The molecular formula is C24H58O9S2Si3. The highest BCUT2D eigenvalue weighted by molar-refractivity contribution is 8.76. The van der Waals surface area contributed by atoms with Gasteiger partial charge < -0.3 is 39.8 Å². The third-order valence-corrected chi connectivity index (χ3v) is 15.3. The molecule has 0 unspecified atom stereocenters. The average Bonchev–Trinajstić information content (AvgIpc) is 2.87. The molecule has 38 heavy (non-hydrogen) atoms. The molecule has 232 valence electrons. The van der Waals surface area contributed by atoms with Crippen molar-refractivity contribution < 1.29 is 39.8 Å². The Hall–Kier alpha value is 0.991. The highest BCUT2D eigenvalue weighted by atomic mass is 33.1. The summed E-state index contributed by atoms with van der Waals surface area (Å²) in [4.78, 5) is 0. The highest BCUT2D eigenvalue weighted by Crippen LogP contribution is 2.28. The first-order chi connectivity index (χ1) is 18.4. The molecule has 0 spiro atoms. The summed E-state index contributed by atoms with van der Waals surface area (Å²) in [5, 5.41) is 0. The molecule has 9 nitrogen and oxygen atoms in total. The maximum absolute atomic E-state index is 5.90. The molecule has 0 aliphatic rings. The monoisotopic (exact) mass is 638 g/mol. The van der Waals surface area contributed by atoms with Crippen molar-refractivity contribution >= 4 is 48.7 Å². The quantitative estimate of drug-likeness (QED) is 0.0598. The lowest BCUT2D eigenvalue weighted by Crippen LogP contribution is -2.46. The van der Waals surface area contributed by atoms with Crippen molar-refractivity contribution in [2.45, 2.75) is 87.2 Å². The van der Waals surface area contributed by atoms with Gasteiger partial charge in [0, 0.05) is 83.1 Å². The van der Waals surface area contributed by atoms with Gasteiger partial charge in [0.15, 0.2) is 0 Å². The molecule has 0 heterocycles. The van der Waals surface area contributed by atoms with Crippen molar-refractivity contribution in [1.29, 1.82) is 0 Å². The molecule has 0 aliphatic carbocycles. The van der Waals surface area contributed by atoms with Gasteiger partial charge in [0.25, 0.3) is 0 Å². The van der Waals surface area contributed by atoms with E-state index in [1.165, 1.54) is 0 Å². The molecule has 0 fully saturated rings. The van der Waals surface area contributed by atoms with Crippen molar-refractivity contribution in [2.24, 2.45) is 0 Å². The summed E-state index contributed by atoms with van der Waals surface area (Å²) in [6, 6.07) is 1.76. The predicted molar refractivity (Wildman–Crippen MR) is 167 cm³/mol. The molecule has 0 aromatic heterocycles. The Labute approximate surface area is 246 Å². The lowest BCUT2D eigenvalue weighted by molar-refractivity contribution is 0.0704. The van der Waals surface area contributed by atoms with Crippen LogP contribution in [0.1, 0.15) is 75.2 Å². The Morgan fingerprint density at radius 1 is 0.421 bits per heavy atom. The molecule has 0 N–H and O–H groups in total. The predicted octanol–water partition coefficient (Wildman–Crippen LogP) is 6.06. The van der Waals surface area contributed by atoms with Gasteiger partial charge in [-0.2, -0.15) is 0 Å². The van der Waals surface area contributed by atoms with E-state index in [9.17, 15) is 0 Å². The fraction of sp³-hybridized carbons (Fsp3) is 1.00. The molecule has 0 saturated carbocycles. The van der Waals surface area contributed by atoms with Gasteiger partial charge in [-0.3, -0.25) is 0 Å².